The van der Waals surface area contributed by atoms with Crippen molar-refractivity contribution in [2.45, 2.75) is 38.3 Å². The highest BCUT2D eigenvalue weighted by Crippen LogP contribution is 2.30. The standard InChI is InChI=1S/C18H21N5O4S/c1-12-18(13(2)27-21-12)28(24,25)23-9-7-16-14(10-23)15(20-22(16)3)11-26-17-6-4-5-8-19-17/h4-6,8H,7,9-11H2,1-3H3. The molecule has 148 valence electrons. The zero-order valence-electron chi connectivity index (χ0n) is 15.9. The van der Waals surface area contributed by atoms with E-state index in [-0.39, 0.29) is 18.0 Å². The first-order chi connectivity index (χ1) is 13.4. The normalized spacial score (nSPS) is 14.8. The van der Waals surface area contributed by atoms with Gasteiger partial charge in [-0.15, -0.1) is 0 Å². The Bertz CT molecular complexity index is 1090. The molecule has 0 aromatic carbocycles. The van der Waals surface area contributed by atoms with Crippen molar-refractivity contribution in [2.75, 3.05) is 6.54 Å². The number of pyridine rings is 1. The van der Waals surface area contributed by atoms with Crippen LogP contribution in [0.5, 0.6) is 5.88 Å². The zero-order chi connectivity index (χ0) is 19.9. The average molecular weight is 403 g/mol. The van der Waals surface area contributed by atoms with Gasteiger partial charge >= 0.3 is 0 Å². The van der Waals surface area contributed by atoms with E-state index in [1.54, 1.807) is 30.8 Å². The second-order valence-electron chi connectivity index (χ2n) is 6.69. The van der Waals surface area contributed by atoms with Gasteiger partial charge < -0.3 is 9.26 Å². The van der Waals surface area contributed by atoms with Crippen molar-refractivity contribution >= 4 is 10.0 Å². The molecule has 0 bridgehead atoms. The molecule has 0 amide bonds. The highest BCUT2D eigenvalue weighted by molar-refractivity contribution is 7.89. The lowest BCUT2D eigenvalue weighted by molar-refractivity contribution is 0.285. The molecule has 0 spiro atoms. The Hall–Kier alpha value is -2.72. The second kappa shape index (κ2) is 7.02. The zero-order valence-corrected chi connectivity index (χ0v) is 16.7. The van der Waals surface area contributed by atoms with Crippen LogP contribution in [0.2, 0.25) is 0 Å². The first-order valence-corrected chi connectivity index (χ1v) is 10.3. The third kappa shape index (κ3) is 3.18. The van der Waals surface area contributed by atoms with Crippen LogP contribution in [0.4, 0.5) is 0 Å². The fourth-order valence-electron chi connectivity index (χ4n) is 3.51. The van der Waals surface area contributed by atoms with Crippen LogP contribution < -0.4 is 4.74 Å². The molecule has 0 fully saturated rings. The van der Waals surface area contributed by atoms with E-state index in [0.29, 0.717) is 36.0 Å². The van der Waals surface area contributed by atoms with E-state index in [2.05, 4.69) is 15.2 Å². The largest absolute Gasteiger partial charge is 0.471 e. The summed E-state index contributed by atoms with van der Waals surface area (Å²) in [5.41, 5.74) is 2.97. The first-order valence-electron chi connectivity index (χ1n) is 8.88. The molecule has 0 saturated heterocycles. The fraction of sp³-hybridized carbons (Fsp3) is 0.389. The van der Waals surface area contributed by atoms with Crippen LogP contribution in [0.15, 0.2) is 33.8 Å². The van der Waals surface area contributed by atoms with E-state index in [4.69, 9.17) is 9.26 Å². The van der Waals surface area contributed by atoms with Gasteiger partial charge in [-0.2, -0.15) is 9.40 Å². The first kappa shape index (κ1) is 18.6. The number of rotatable bonds is 5. The van der Waals surface area contributed by atoms with Gasteiger partial charge in [0, 0.05) is 50.1 Å². The van der Waals surface area contributed by atoms with Gasteiger partial charge in [-0.05, 0) is 19.9 Å². The third-order valence-corrected chi connectivity index (χ3v) is 6.94. The SMILES string of the molecule is Cc1noc(C)c1S(=O)(=O)N1CCc2c(c(COc3ccccn3)nn2C)C1. The molecule has 0 aliphatic carbocycles. The van der Waals surface area contributed by atoms with Crippen molar-refractivity contribution in [1.29, 1.82) is 0 Å². The number of hydrogen-bond donors (Lipinski definition) is 0. The van der Waals surface area contributed by atoms with Crippen LogP contribution in [0.1, 0.15) is 28.4 Å². The molecule has 1 aliphatic rings. The lowest BCUT2D eigenvalue weighted by Gasteiger charge is -2.26. The lowest BCUT2D eigenvalue weighted by Crippen LogP contribution is -2.37. The van der Waals surface area contributed by atoms with Crippen molar-refractivity contribution in [1.82, 2.24) is 24.2 Å². The van der Waals surface area contributed by atoms with Gasteiger partial charge in [-0.3, -0.25) is 4.68 Å². The summed E-state index contributed by atoms with van der Waals surface area (Å²) in [6, 6.07) is 5.42. The monoisotopic (exact) mass is 403 g/mol. The third-order valence-electron chi connectivity index (χ3n) is 4.85. The summed E-state index contributed by atoms with van der Waals surface area (Å²) in [4.78, 5) is 4.28. The Morgan fingerprint density at radius 1 is 1.29 bits per heavy atom. The minimum absolute atomic E-state index is 0.145. The maximum absolute atomic E-state index is 13.2. The molecule has 0 N–H and O–H groups in total. The number of sulfonamides is 1. The maximum Gasteiger partial charge on any atom is 0.248 e. The van der Waals surface area contributed by atoms with Crippen LogP contribution >= 0.6 is 0 Å². The van der Waals surface area contributed by atoms with Gasteiger partial charge in [0.2, 0.25) is 15.9 Å². The molecule has 1 aliphatic heterocycles. The summed E-state index contributed by atoms with van der Waals surface area (Å²) in [5, 5.41) is 8.32. The van der Waals surface area contributed by atoms with E-state index in [1.807, 2.05) is 19.2 Å². The number of ether oxygens (including phenoxy) is 1. The molecule has 9 nitrogen and oxygen atoms in total. The van der Waals surface area contributed by atoms with E-state index < -0.39 is 10.0 Å². The molecule has 4 heterocycles. The van der Waals surface area contributed by atoms with Gasteiger partial charge in [-0.25, -0.2) is 13.4 Å². The van der Waals surface area contributed by atoms with Gasteiger partial charge in [-0.1, -0.05) is 11.2 Å². The summed E-state index contributed by atoms with van der Waals surface area (Å²) in [6.45, 7) is 4.07. The van der Waals surface area contributed by atoms with Crippen molar-refractivity contribution in [2.24, 2.45) is 7.05 Å². The van der Waals surface area contributed by atoms with Crippen LogP contribution in [-0.4, -0.2) is 39.2 Å². The molecule has 3 aromatic rings. The van der Waals surface area contributed by atoms with Gasteiger partial charge in [0.25, 0.3) is 0 Å². The van der Waals surface area contributed by atoms with Crippen LogP contribution in [0, 0.1) is 13.8 Å². The van der Waals surface area contributed by atoms with Gasteiger partial charge in [0.1, 0.15) is 22.9 Å². The van der Waals surface area contributed by atoms with Gasteiger partial charge in [0.15, 0.2) is 5.76 Å². The molecule has 0 atom stereocenters. The second-order valence-corrected chi connectivity index (χ2v) is 8.57. The van der Waals surface area contributed by atoms with E-state index >= 15 is 0 Å². The van der Waals surface area contributed by atoms with Gasteiger partial charge in [0.05, 0.1) is 0 Å². The molecule has 0 radical (unpaired) electrons. The predicted octanol–water partition coefficient (Wildman–Crippen LogP) is 1.75. The summed E-state index contributed by atoms with van der Waals surface area (Å²) < 4.78 is 40.3. The van der Waals surface area contributed by atoms with Crippen LogP contribution in [0.25, 0.3) is 0 Å². The van der Waals surface area contributed by atoms with Crippen LogP contribution in [-0.2, 0) is 36.6 Å². The molecule has 28 heavy (non-hydrogen) atoms. The van der Waals surface area contributed by atoms with Crippen molar-refractivity contribution in [3.8, 4) is 5.88 Å². The topological polar surface area (TPSA) is 103 Å². The summed E-state index contributed by atoms with van der Waals surface area (Å²) >= 11 is 0. The average Bonchev–Trinajstić information content (AvgIpc) is 3.19. The molecular weight excluding hydrogens is 382 g/mol. The number of nitrogens with zero attached hydrogens (tertiary/aromatic N) is 5. The Labute approximate surface area is 163 Å². The Morgan fingerprint density at radius 3 is 2.79 bits per heavy atom. The van der Waals surface area contributed by atoms with Crippen molar-refractivity contribution < 1.29 is 17.7 Å². The molecule has 0 saturated carbocycles. The molecule has 0 unspecified atom stereocenters. The van der Waals surface area contributed by atoms with Crippen LogP contribution in [0.3, 0.4) is 0 Å². The predicted molar refractivity (Wildman–Crippen MR) is 99.1 cm³/mol. The molecule has 3 aromatic heterocycles. The molecule has 4 rings (SSSR count). The Balaban J connectivity index is 1.61. The number of aromatic nitrogens is 4. The van der Waals surface area contributed by atoms with Crippen molar-refractivity contribution in [3.63, 3.8) is 0 Å². The quantitative estimate of drug-likeness (QED) is 0.639. The highest BCUT2D eigenvalue weighted by Gasteiger charge is 2.35. The Kier molecular flexibility index (Phi) is 4.68. The molecular formula is C18H21N5O4S. The van der Waals surface area contributed by atoms with E-state index in [9.17, 15) is 8.42 Å². The van der Waals surface area contributed by atoms with Crippen molar-refractivity contribution in [3.05, 3.63) is 52.8 Å². The smallest absolute Gasteiger partial charge is 0.248 e. The number of fused-ring (bicyclic) bond motifs is 1. The highest BCUT2D eigenvalue weighted by atomic mass is 32.2. The van der Waals surface area contributed by atoms with E-state index in [1.165, 1.54) is 4.31 Å². The minimum atomic E-state index is -3.71. The Morgan fingerprint density at radius 2 is 2.11 bits per heavy atom. The number of aryl methyl sites for hydroxylation is 3. The van der Waals surface area contributed by atoms with E-state index in [0.717, 1.165) is 11.3 Å². The lowest BCUT2D eigenvalue weighted by atomic mass is 10.1. The summed E-state index contributed by atoms with van der Waals surface area (Å²) in [7, 11) is -1.85. The maximum atomic E-state index is 13.2. The number of hydrogen-bond acceptors (Lipinski definition) is 7. The fourth-order valence-corrected chi connectivity index (χ4v) is 5.21. The summed E-state index contributed by atoms with van der Waals surface area (Å²) in [5.74, 6) is 0.797. The molecule has 10 heteroatoms. The summed E-state index contributed by atoms with van der Waals surface area (Å²) in [6.07, 6.45) is 2.23. The minimum Gasteiger partial charge on any atom is -0.471 e.